The normalized spacial score (nSPS) is 12.9. The summed E-state index contributed by atoms with van der Waals surface area (Å²) in [5.74, 6) is 0.868. The average molecular weight is 251 g/mol. The molecule has 2 heteroatoms. The molecule has 0 amide bonds. The number of benzene rings is 1. The molecule has 1 unspecified atom stereocenters. The third kappa shape index (κ3) is 5.18. The first-order valence-electron chi connectivity index (χ1n) is 7.10. The standard InChI is InChI=1S/C16H26FN/c1-4-5-8-14(12-18-11-13(2)3)15-9-6-7-10-16(15)17/h6-7,9-10,13-14,18H,4-5,8,11-12H2,1-3H3. The Hall–Kier alpha value is -0.890. The first-order valence-corrected chi connectivity index (χ1v) is 7.10. The van der Waals surface area contributed by atoms with Crippen LogP contribution in [0.25, 0.3) is 0 Å². The monoisotopic (exact) mass is 251 g/mol. The molecule has 102 valence electrons. The summed E-state index contributed by atoms with van der Waals surface area (Å²) in [7, 11) is 0. The predicted octanol–water partition coefficient (Wildman–Crippen LogP) is 4.35. The van der Waals surface area contributed by atoms with Gasteiger partial charge in [-0.25, -0.2) is 4.39 Å². The third-order valence-electron chi connectivity index (χ3n) is 3.19. The van der Waals surface area contributed by atoms with Crippen LogP contribution in [-0.4, -0.2) is 13.1 Å². The lowest BCUT2D eigenvalue weighted by Gasteiger charge is -2.19. The van der Waals surface area contributed by atoms with Crippen molar-refractivity contribution in [1.29, 1.82) is 0 Å². The molecular weight excluding hydrogens is 225 g/mol. The van der Waals surface area contributed by atoms with E-state index in [9.17, 15) is 4.39 Å². The molecule has 0 fully saturated rings. The second-order valence-corrected chi connectivity index (χ2v) is 5.41. The molecule has 0 aliphatic heterocycles. The Kier molecular flexibility index (Phi) is 6.96. The van der Waals surface area contributed by atoms with Crippen molar-refractivity contribution >= 4 is 0 Å². The summed E-state index contributed by atoms with van der Waals surface area (Å²) < 4.78 is 13.8. The van der Waals surface area contributed by atoms with Crippen LogP contribution in [0, 0.1) is 11.7 Å². The van der Waals surface area contributed by atoms with Gasteiger partial charge in [-0.05, 0) is 36.4 Å². The Morgan fingerprint density at radius 1 is 1.17 bits per heavy atom. The number of hydrogen-bond acceptors (Lipinski definition) is 1. The number of nitrogens with one attached hydrogen (secondary N) is 1. The van der Waals surface area contributed by atoms with Gasteiger partial charge in [0.15, 0.2) is 0 Å². The SMILES string of the molecule is CCCCC(CNCC(C)C)c1ccccc1F. The lowest BCUT2D eigenvalue weighted by Crippen LogP contribution is -2.26. The minimum absolute atomic E-state index is 0.0649. The molecule has 0 aliphatic rings. The minimum atomic E-state index is -0.0649. The Balaban J connectivity index is 2.62. The summed E-state index contributed by atoms with van der Waals surface area (Å²) in [6.45, 7) is 8.43. The van der Waals surface area contributed by atoms with Crippen molar-refractivity contribution in [3.8, 4) is 0 Å². The molecule has 0 heterocycles. The molecule has 0 saturated heterocycles. The molecular formula is C16H26FN. The Morgan fingerprint density at radius 2 is 1.89 bits per heavy atom. The largest absolute Gasteiger partial charge is 0.316 e. The van der Waals surface area contributed by atoms with Crippen molar-refractivity contribution in [2.75, 3.05) is 13.1 Å². The van der Waals surface area contributed by atoms with Crippen LogP contribution in [0.5, 0.6) is 0 Å². The quantitative estimate of drug-likeness (QED) is 0.724. The van der Waals surface area contributed by atoms with E-state index in [-0.39, 0.29) is 5.82 Å². The van der Waals surface area contributed by atoms with E-state index in [4.69, 9.17) is 0 Å². The van der Waals surface area contributed by atoms with E-state index < -0.39 is 0 Å². The van der Waals surface area contributed by atoms with E-state index in [1.807, 2.05) is 12.1 Å². The Bertz CT molecular complexity index is 336. The maximum atomic E-state index is 13.8. The lowest BCUT2D eigenvalue weighted by atomic mass is 9.93. The van der Waals surface area contributed by atoms with Gasteiger partial charge < -0.3 is 5.32 Å². The molecule has 0 aromatic heterocycles. The summed E-state index contributed by atoms with van der Waals surface area (Å²) in [6.07, 6.45) is 3.38. The van der Waals surface area contributed by atoms with Gasteiger partial charge in [0.1, 0.15) is 5.82 Å². The van der Waals surface area contributed by atoms with Crippen molar-refractivity contribution in [2.24, 2.45) is 5.92 Å². The fourth-order valence-corrected chi connectivity index (χ4v) is 2.17. The van der Waals surface area contributed by atoms with Gasteiger partial charge in [0.25, 0.3) is 0 Å². The van der Waals surface area contributed by atoms with E-state index in [0.29, 0.717) is 11.8 Å². The van der Waals surface area contributed by atoms with Crippen molar-refractivity contribution < 1.29 is 4.39 Å². The molecule has 0 saturated carbocycles. The molecule has 0 spiro atoms. The van der Waals surface area contributed by atoms with Crippen LogP contribution >= 0.6 is 0 Å². The zero-order valence-electron chi connectivity index (χ0n) is 11.9. The molecule has 1 N–H and O–H groups in total. The van der Waals surface area contributed by atoms with E-state index >= 15 is 0 Å². The van der Waals surface area contributed by atoms with Gasteiger partial charge in [-0.3, -0.25) is 0 Å². The van der Waals surface area contributed by atoms with Crippen LogP contribution in [0.4, 0.5) is 4.39 Å². The molecule has 0 bridgehead atoms. The number of unbranched alkanes of at least 4 members (excludes halogenated alkanes) is 1. The fraction of sp³-hybridized carbons (Fsp3) is 0.625. The first-order chi connectivity index (χ1) is 8.65. The molecule has 1 rings (SSSR count). The van der Waals surface area contributed by atoms with Gasteiger partial charge in [-0.15, -0.1) is 0 Å². The van der Waals surface area contributed by atoms with Crippen molar-refractivity contribution in [3.63, 3.8) is 0 Å². The topological polar surface area (TPSA) is 12.0 Å². The van der Waals surface area contributed by atoms with Gasteiger partial charge in [-0.2, -0.15) is 0 Å². The Labute approximate surface area is 111 Å². The van der Waals surface area contributed by atoms with E-state index in [1.54, 1.807) is 12.1 Å². The summed E-state index contributed by atoms with van der Waals surface area (Å²) >= 11 is 0. The number of halogens is 1. The first kappa shape index (κ1) is 15.2. The highest BCUT2D eigenvalue weighted by molar-refractivity contribution is 5.22. The lowest BCUT2D eigenvalue weighted by molar-refractivity contribution is 0.475. The van der Waals surface area contributed by atoms with Gasteiger partial charge in [-0.1, -0.05) is 51.8 Å². The zero-order chi connectivity index (χ0) is 13.4. The van der Waals surface area contributed by atoms with Crippen LogP contribution < -0.4 is 5.32 Å². The maximum absolute atomic E-state index is 13.8. The highest BCUT2D eigenvalue weighted by Gasteiger charge is 2.14. The predicted molar refractivity (Wildman–Crippen MR) is 76.4 cm³/mol. The molecule has 1 aromatic carbocycles. The summed E-state index contributed by atoms with van der Waals surface area (Å²) in [5.41, 5.74) is 0.863. The van der Waals surface area contributed by atoms with Crippen LogP contribution in [0.15, 0.2) is 24.3 Å². The van der Waals surface area contributed by atoms with Crippen LogP contribution in [0.3, 0.4) is 0 Å². The Morgan fingerprint density at radius 3 is 2.50 bits per heavy atom. The summed E-state index contributed by atoms with van der Waals surface area (Å²) in [6, 6.07) is 7.18. The van der Waals surface area contributed by atoms with Crippen LogP contribution in [-0.2, 0) is 0 Å². The van der Waals surface area contributed by atoms with E-state index in [1.165, 1.54) is 0 Å². The second-order valence-electron chi connectivity index (χ2n) is 5.41. The molecule has 18 heavy (non-hydrogen) atoms. The molecule has 1 nitrogen and oxygen atoms in total. The molecule has 0 aliphatic carbocycles. The molecule has 1 aromatic rings. The molecule has 0 radical (unpaired) electrons. The van der Waals surface area contributed by atoms with Crippen molar-refractivity contribution in [3.05, 3.63) is 35.6 Å². The minimum Gasteiger partial charge on any atom is -0.316 e. The van der Waals surface area contributed by atoms with E-state index in [2.05, 4.69) is 26.1 Å². The summed E-state index contributed by atoms with van der Waals surface area (Å²) in [5, 5.41) is 3.45. The van der Waals surface area contributed by atoms with Crippen molar-refractivity contribution in [2.45, 2.75) is 46.0 Å². The number of hydrogen-bond donors (Lipinski definition) is 1. The highest BCUT2D eigenvalue weighted by atomic mass is 19.1. The number of rotatable bonds is 8. The zero-order valence-corrected chi connectivity index (χ0v) is 11.9. The van der Waals surface area contributed by atoms with Crippen molar-refractivity contribution in [1.82, 2.24) is 5.32 Å². The smallest absolute Gasteiger partial charge is 0.126 e. The third-order valence-corrected chi connectivity index (χ3v) is 3.19. The van der Waals surface area contributed by atoms with Gasteiger partial charge in [0.05, 0.1) is 0 Å². The average Bonchev–Trinajstić information content (AvgIpc) is 2.34. The van der Waals surface area contributed by atoms with Crippen LogP contribution in [0.2, 0.25) is 0 Å². The molecule has 1 atom stereocenters. The highest BCUT2D eigenvalue weighted by Crippen LogP contribution is 2.24. The fourth-order valence-electron chi connectivity index (χ4n) is 2.17. The van der Waals surface area contributed by atoms with Crippen LogP contribution in [0.1, 0.15) is 51.5 Å². The maximum Gasteiger partial charge on any atom is 0.126 e. The van der Waals surface area contributed by atoms with Gasteiger partial charge in [0.2, 0.25) is 0 Å². The van der Waals surface area contributed by atoms with E-state index in [0.717, 1.165) is 37.9 Å². The second kappa shape index (κ2) is 8.25. The van der Waals surface area contributed by atoms with Gasteiger partial charge in [0, 0.05) is 6.54 Å². The van der Waals surface area contributed by atoms with Gasteiger partial charge >= 0.3 is 0 Å². The summed E-state index contributed by atoms with van der Waals surface area (Å²) in [4.78, 5) is 0.